The molecule has 2 aromatic heterocycles. The molecule has 0 saturated carbocycles. The number of hydrogen-bond acceptors (Lipinski definition) is 3. The SMILES string of the molecule is COc1ccccc1Cn1cc(C(=O)NCCn2cccc2)c2ccccc2c1=O. The molecule has 0 bridgehead atoms. The Kier molecular flexibility index (Phi) is 5.66. The number of benzene rings is 2. The highest BCUT2D eigenvalue weighted by molar-refractivity contribution is 6.06. The Labute approximate surface area is 174 Å². The molecule has 0 aliphatic heterocycles. The summed E-state index contributed by atoms with van der Waals surface area (Å²) in [6.45, 7) is 1.49. The van der Waals surface area contributed by atoms with Crippen molar-refractivity contribution in [2.75, 3.05) is 13.7 Å². The van der Waals surface area contributed by atoms with Gasteiger partial charge in [0.15, 0.2) is 0 Å². The summed E-state index contributed by atoms with van der Waals surface area (Å²) in [5.74, 6) is 0.502. The lowest BCUT2D eigenvalue weighted by Crippen LogP contribution is -2.30. The fourth-order valence-corrected chi connectivity index (χ4v) is 3.57. The number of ether oxygens (including phenoxy) is 1. The second kappa shape index (κ2) is 8.69. The number of methoxy groups -OCH3 is 1. The van der Waals surface area contributed by atoms with Crippen molar-refractivity contribution in [3.63, 3.8) is 0 Å². The Bertz CT molecular complexity index is 1230. The first-order valence-electron chi connectivity index (χ1n) is 9.80. The molecule has 0 aliphatic carbocycles. The van der Waals surface area contributed by atoms with Crippen LogP contribution in [0.3, 0.4) is 0 Å². The van der Waals surface area contributed by atoms with Crippen molar-refractivity contribution < 1.29 is 9.53 Å². The quantitative estimate of drug-likeness (QED) is 0.517. The first-order chi connectivity index (χ1) is 14.7. The maximum Gasteiger partial charge on any atom is 0.258 e. The molecule has 6 heteroatoms. The Morgan fingerprint density at radius 2 is 1.67 bits per heavy atom. The van der Waals surface area contributed by atoms with Crippen LogP contribution in [0.25, 0.3) is 10.8 Å². The largest absolute Gasteiger partial charge is 0.496 e. The summed E-state index contributed by atoms with van der Waals surface area (Å²) in [6, 6.07) is 18.7. The van der Waals surface area contributed by atoms with Gasteiger partial charge in [0.05, 0.1) is 19.2 Å². The zero-order chi connectivity index (χ0) is 20.9. The summed E-state index contributed by atoms with van der Waals surface area (Å²) in [5, 5.41) is 4.13. The lowest BCUT2D eigenvalue weighted by molar-refractivity contribution is 0.0953. The van der Waals surface area contributed by atoms with E-state index in [-0.39, 0.29) is 11.5 Å². The van der Waals surface area contributed by atoms with Gasteiger partial charge in [-0.1, -0.05) is 36.4 Å². The first-order valence-corrected chi connectivity index (χ1v) is 9.80. The Morgan fingerprint density at radius 1 is 0.967 bits per heavy atom. The zero-order valence-electron chi connectivity index (χ0n) is 16.7. The van der Waals surface area contributed by atoms with Gasteiger partial charge in [-0.2, -0.15) is 0 Å². The van der Waals surface area contributed by atoms with E-state index in [9.17, 15) is 9.59 Å². The average molecular weight is 401 g/mol. The van der Waals surface area contributed by atoms with Crippen molar-refractivity contribution >= 4 is 16.7 Å². The minimum atomic E-state index is -0.202. The van der Waals surface area contributed by atoms with E-state index < -0.39 is 0 Å². The van der Waals surface area contributed by atoms with E-state index in [1.54, 1.807) is 23.9 Å². The lowest BCUT2D eigenvalue weighted by Gasteiger charge is -2.14. The van der Waals surface area contributed by atoms with Gasteiger partial charge in [0.2, 0.25) is 0 Å². The van der Waals surface area contributed by atoms with Gasteiger partial charge in [0.25, 0.3) is 11.5 Å². The number of carbonyl (C=O) groups is 1. The number of amides is 1. The summed E-state index contributed by atoms with van der Waals surface area (Å²) < 4.78 is 8.99. The molecule has 0 saturated heterocycles. The normalized spacial score (nSPS) is 10.8. The van der Waals surface area contributed by atoms with E-state index in [0.29, 0.717) is 41.7 Å². The molecule has 152 valence electrons. The first kappa shape index (κ1) is 19.5. The van der Waals surface area contributed by atoms with Crippen LogP contribution in [0, 0.1) is 0 Å². The number of nitrogens with zero attached hydrogens (tertiary/aromatic N) is 2. The van der Waals surface area contributed by atoms with Gasteiger partial charge < -0.3 is 19.2 Å². The van der Waals surface area contributed by atoms with Crippen molar-refractivity contribution in [1.82, 2.24) is 14.5 Å². The van der Waals surface area contributed by atoms with Crippen LogP contribution in [0.1, 0.15) is 15.9 Å². The van der Waals surface area contributed by atoms with Gasteiger partial charge in [-0.25, -0.2) is 0 Å². The molecule has 0 fully saturated rings. The number of carbonyl (C=O) groups excluding carboxylic acids is 1. The van der Waals surface area contributed by atoms with Gasteiger partial charge in [0.1, 0.15) is 5.75 Å². The summed E-state index contributed by atoms with van der Waals surface area (Å²) in [6.07, 6.45) is 5.55. The van der Waals surface area contributed by atoms with Crippen LogP contribution < -0.4 is 15.6 Å². The third-order valence-electron chi connectivity index (χ3n) is 5.09. The third kappa shape index (κ3) is 3.98. The van der Waals surface area contributed by atoms with Crippen LogP contribution >= 0.6 is 0 Å². The molecule has 6 nitrogen and oxygen atoms in total. The van der Waals surface area contributed by atoms with E-state index in [2.05, 4.69) is 5.32 Å². The molecule has 4 aromatic rings. The van der Waals surface area contributed by atoms with Crippen molar-refractivity contribution in [2.24, 2.45) is 0 Å². The molecule has 2 aromatic carbocycles. The summed E-state index contributed by atoms with van der Waals surface area (Å²) in [5.41, 5.74) is 1.21. The van der Waals surface area contributed by atoms with Crippen LogP contribution in [0.5, 0.6) is 5.75 Å². The third-order valence-corrected chi connectivity index (χ3v) is 5.09. The Morgan fingerprint density at radius 3 is 2.43 bits per heavy atom. The molecule has 2 heterocycles. The number of fused-ring (bicyclic) bond motifs is 1. The van der Waals surface area contributed by atoms with E-state index in [0.717, 1.165) is 5.56 Å². The summed E-state index contributed by atoms with van der Waals surface area (Å²) in [7, 11) is 1.60. The summed E-state index contributed by atoms with van der Waals surface area (Å²) in [4.78, 5) is 26.0. The van der Waals surface area contributed by atoms with Crippen LogP contribution in [0.2, 0.25) is 0 Å². The smallest absolute Gasteiger partial charge is 0.258 e. The second-order valence-electron chi connectivity index (χ2n) is 7.01. The zero-order valence-corrected chi connectivity index (χ0v) is 16.7. The predicted molar refractivity (Wildman–Crippen MR) is 117 cm³/mol. The number of pyridine rings is 1. The molecular weight excluding hydrogens is 378 g/mol. The van der Waals surface area contributed by atoms with Gasteiger partial charge in [-0.3, -0.25) is 9.59 Å². The molecule has 4 rings (SSSR count). The predicted octanol–water partition coefficient (Wildman–Crippen LogP) is 3.29. The molecule has 0 spiro atoms. The van der Waals surface area contributed by atoms with E-state index in [1.807, 2.05) is 71.6 Å². The fourth-order valence-electron chi connectivity index (χ4n) is 3.57. The molecule has 30 heavy (non-hydrogen) atoms. The van der Waals surface area contributed by atoms with Crippen LogP contribution in [-0.2, 0) is 13.1 Å². The van der Waals surface area contributed by atoms with Gasteiger partial charge in [0, 0.05) is 48.0 Å². The van der Waals surface area contributed by atoms with Crippen LogP contribution in [0.15, 0.2) is 84.0 Å². The highest BCUT2D eigenvalue weighted by Gasteiger charge is 2.15. The molecule has 0 aliphatic rings. The number of rotatable bonds is 7. The van der Waals surface area contributed by atoms with Crippen molar-refractivity contribution in [3.8, 4) is 5.75 Å². The molecular formula is C24H23N3O3. The van der Waals surface area contributed by atoms with Crippen molar-refractivity contribution in [2.45, 2.75) is 13.1 Å². The highest BCUT2D eigenvalue weighted by atomic mass is 16.5. The van der Waals surface area contributed by atoms with Gasteiger partial charge in [-0.15, -0.1) is 0 Å². The maximum absolute atomic E-state index is 13.1. The van der Waals surface area contributed by atoms with Crippen molar-refractivity contribution in [3.05, 3.63) is 101 Å². The number of para-hydroxylation sites is 1. The topological polar surface area (TPSA) is 65.3 Å². The molecule has 1 amide bonds. The molecule has 0 unspecified atom stereocenters. The van der Waals surface area contributed by atoms with Gasteiger partial charge >= 0.3 is 0 Å². The molecule has 1 N–H and O–H groups in total. The number of nitrogens with one attached hydrogen (secondary N) is 1. The number of aromatic nitrogens is 2. The van der Waals surface area contributed by atoms with Crippen LogP contribution in [0.4, 0.5) is 0 Å². The maximum atomic E-state index is 13.1. The Hall–Kier alpha value is -3.80. The summed E-state index contributed by atoms with van der Waals surface area (Å²) >= 11 is 0. The average Bonchev–Trinajstić information content (AvgIpc) is 3.29. The van der Waals surface area contributed by atoms with Gasteiger partial charge in [-0.05, 0) is 24.3 Å². The fraction of sp³-hybridized carbons (Fsp3) is 0.167. The van der Waals surface area contributed by atoms with Crippen molar-refractivity contribution in [1.29, 1.82) is 0 Å². The Balaban J connectivity index is 1.67. The van der Waals surface area contributed by atoms with E-state index >= 15 is 0 Å². The van der Waals surface area contributed by atoms with E-state index in [4.69, 9.17) is 4.74 Å². The molecule has 0 radical (unpaired) electrons. The highest BCUT2D eigenvalue weighted by Crippen LogP contribution is 2.20. The minimum absolute atomic E-state index is 0.139. The monoisotopic (exact) mass is 401 g/mol. The minimum Gasteiger partial charge on any atom is -0.496 e. The lowest BCUT2D eigenvalue weighted by atomic mass is 10.1. The molecule has 0 atom stereocenters. The second-order valence-corrected chi connectivity index (χ2v) is 7.01. The van der Waals surface area contributed by atoms with E-state index in [1.165, 1.54) is 0 Å². The number of hydrogen-bond donors (Lipinski definition) is 1. The van der Waals surface area contributed by atoms with Crippen LogP contribution in [-0.4, -0.2) is 28.7 Å². The standard InChI is InChI=1S/C24H23N3O3/c1-30-22-11-5-2-8-18(22)16-27-17-21(19-9-3-4-10-20(19)24(27)29)23(28)25-12-15-26-13-6-7-14-26/h2-11,13-14,17H,12,15-16H2,1H3,(H,25,28).